The molecule has 6 nitrogen and oxygen atoms in total. The van der Waals surface area contributed by atoms with Gasteiger partial charge in [-0.05, 0) is 12.1 Å². The van der Waals surface area contributed by atoms with Gasteiger partial charge in [-0.2, -0.15) is 15.2 Å². The maximum Gasteiger partial charge on any atom is 0.301 e. The molecular weight excluding hydrogens is 334 g/mol. The van der Waals surface area contributed by atoms with Crippen LogP contribution in [0.25, 0.3) is 0 Å². The third kappa shape index (κ3) is 3.05. The number of amides is 1. The molecule has 0 saturated heterocycles. The molecule has 1 aliphatic heterocycles. The first kappa shape index (κ1) is 15.2. The zero-order valence-electron chi connectivity index (χ0n) is 13.0. The lowest BCUT2D eigenvalue weighted by molar-refractivity contribution is -0.112. The van der Waals surface area contributed by atoms with Crippen LogP contribution >= 0.6 is 11.3 Å². The van der Waals surface area contributed by atoms with E-state index in [2.05, 4.69) is 20.6 Å². The van der Waals surface area contributed by atoms with Crippen LogP contribution in [-0.4, -0.2) is 22.3 Å². The second kappa shape index (κ2) is 6.66. The number of carbonyl (C=O) groups excluding carboxylic acids is 1. The number of hydrogen-bond donors (Lipinski definition) is 1. The minimum Gasteiger partial charge on any atom is -0.265 e. The second-order valence-corrected chi connectivity index (χ2v) is 6.07. The molecule has 0 fully saturated rings. The number of nitrogens with one attached hydrogen (secondary N) is 1. The van der Waals surface area contributed by atoms with Crippen molar-refractivity contribution < 1.29 is 4.79 Å². The lowest BCUT2D eigenvalue weighted by Gasteiger charge is -2.10. The van der Waals surface area contributed by atoms with Gasteiger partial charge in [-0.1, -0.05) is 48.5 Å². The highest BCUT2D eigenvalue weighted by Crippen LogP contribution is 2.22. The van der Waals surface area contributed by atoms with Crippen molar-refractivity contribution in [1.29, 1.82) is 0 Å². The number of benzene rings is 2. The normalized spacial score (nSPS) is 15.5. The standard InChI is InChI=1S/C18H13N5OS/c24-17-16(20-21-18-19-11-12-25-18)15(13-7-3-1-4-8-13)22-23(17)14-9-5-2-6-10-14/h1-12H,(H,19,21)/b20-16+. The van der Waals surface area contributed by atoms with Gasteiger partial charge in [-0.25, -0.2) is 4.98 Å². The molecule has 2 aromatic carbocycles. The van der Waals surface area contributed by atoms with Gasteiger partial charge in [0.1, 0.15) is 5.71 Å². The molecular formula is C18H13N5OS. The SMILES string of the molecule is O=C1/C(=N/Nc2nccs2)C(c2ccccc2)=NN1c1ccccc1. The van der Waals surface area contributed by atoms with Crippen LogP contribution in [-0.2, 0) is 4.79 Å². The fraction of sp³-hybridized carbons (Fsp3) is 0. The first-order chi connectivity index (χ1) is 12.3. The Morgan fingerprint density at radius 1 is 1.00 bits per heavy atom. The number of aromatic nitrogens is 1. The summed E-state index contributed by atoms with van der Waals surface area (Å²) in [4.78, 5) is 17.0. The fourth-order valence-electron chi connectivity index (χ4n) is 2.41. The Labute approximate surface area is 148 Å². The summed E-state index contributed by atoms with van der Waals surface area (Å²) < 4.78 is 0. The Bertz CT molecular complexity index is 936. The van der Waals surface area contributed by atoms with Crippen LogP contribution in [0.1, 0.15) is 5.56 Å². The number of nitrogens with zero attached hydrogens (tertiary/aromatic N) is 4. The van der Waals surface area contributed by atoms with Crippen LogP contribution in [0.15, 0.2) is 82.4 Å². The van der Waals surface area contributed by atoms with Gasteiger partial charge in [0, 0.05) is 17.1 Å². The highest BCUT2D eigenvalue weighted by atomic mass is 32.1. The van der Waals surface area contributed by atoms with Crippen molar-refractivity contribution in [3.8, 4) is 0 Å². The Hall–Kier alpha value is -3.32. The molecule has 1 aromatic heterocycles. The maximum atomic E-state index is 12.9. The zero-order valence-corrected chi connectivity index (χ0v) is 13.9. The van der Waals surface area contributed by atoms with Crippen molar-refractivity contribution >= 4 is 39.5 Å². The van der Waals surface area contributed by atoms with Crippen LogP contribution < -0.4 is 10.4 Å². The summed E-state index contributed by atoms with van der Waals surface area (Å²) >= 11 is 1.41. The summed E-state index contributed by atoms with van der Waals surface area (Å²) in [6.45, 7) is 0. The smallest absolute Gasteiger partial charge is 0.265 e. The predicted octanol–water partition coefficient (Wildman–Crippen LogP) is 3.36. The minimum absolute atomic E-state index is 0.255. The monoisotopic (exact) mass is 347 g/mol. The predicted molar refractivity (Wildman–Crippen MR) is 100 cm³/mol. The van der Waals surface area contributed by atoms with Crippen molar-refractivity contribution in [2.45, 2.75) is 0 Å². The van der Waals surface area contributed by atoms with E-state index in [0.717, 1.165) is 5.56 Å². The molecule has 3 aromatic rings. The summed E-state index contributed by atoms with van der Waals surface area (Å²) in [5.74, 6) is -0.283. The van der Waals surface area contributed by atoms with Gasteiger partial charge < -0.3 is 0 Å². The lowest BCUT2D eigenvalue weighted by Crippen LogP contribution is -2.28. The highest BCUT2D eigenvalue weighted by molar-refractivity contribution is 7.13. The molecule has 0 bridgehead atoms. The maximum absolute atomic E-state index is 12.9. The number of para-hydroxylation sites is 1. The van der Waals surface area contributed by atoms with E-state index in [1.807, 2.05) is 66.0 Å². The Morgan fingerprint density at radius 2 is 1.72 bits per heavy atom. The van der Waals surface area contributed by atoms with Gasteiger partial charge in [0.2, 0.25) is 5.13 Å². The van der Waals surface area contributed by atoms with Crippen LogP contribution in [0.2, 0.25) is 0 Å². The van der Waals surface area contributed by atoms with E-state index in [1.165, 1.54) is 16.3 Å². The first-order valence-corrected chi connectivity index (χ1v) is 8.48. The molecule has 0 saturated carbocycles. The minimum atomic E-state index is -0.283. The van der Waals surface area contributed by atoms with Crippen LogP contribution in [0, 0.1) is 0 Å². The van der Waals surface area contributed by atoms with E-state index in [-0.39, 0.29) is 11.6 Å². The van der Waals surface area contributed by atoms with Crippen molar-refractivity contribution in [1.82, 2.24) is 4.98 Å². The number of thiazole rings is 1. The topological polar surface area (TPSA) is 70.0 Å². The average Bonchev–Trinajstić information content (AvgIpc) is 3.29. The molecule has 1 amide bonds. The number of rotatable bonds is 4. The Balaban J connectivity index is 1.74. The van der Waals surface area contributed by atoms with Crippen molar-refractivity contribution in [3.63, 3.8) is 0 Å². The molecule has 0 radical (unpaired) electrons. The fourth-order valence-corrected chi connectivity index (χ4v) is 2.88. The van der Waals surface area contributed by atoms with E-state index >= 15 is 0 Å². The largest absolute Gasteiger partial charge is 0.301 e. The summed E-state index contributed by atoms with van der Waals surface area (Å²) in [6, 6.07) is 18.8. The van der Waals surface area contributed by atoms with Crippen molar-refractivity contribution in [2.75, 3.05) is 10.4 Å². The van der Waals surface area contributed by atoms with Gasteiger partial charge in [-0.15, -0.1) is 11.3 Å². The summed E-state index contributed by atoms with van der Waals surface area (Å²) in [7, 11) is 0. The zero-order chi connectivity index (χ0) is 17.1. The quantitative estimate of drug-likeness (QED) is 0.736. The van der Waals surface area contributed by atoms with Gasteiger partial charge in [0.05, 0.1) is 5.69 Å². The van der Waals surface area contributed by atoms with Crippen molar-refractivity contribution in [3.05, 3.63) is 77.8 Å². The Morgan fingerprint density at radius 3 is 2.40 bits per heavy atom. The third-order valence-electron chi connectivity index (χ3n) is 3.56. The summed E-state index contributed by atoms with van der Waals surface area (Å²) in [5, 5.41) is 12.6. The number of carbonyl (C=O) groups is 1. The summed E-state index contributed by atoms with van der Waals surface area (Å²) in [6.07, 6.45) is 1.67. The molecule has 25 heavy (non-hydrogen) atoms. The molecule has 0 atom stereocenters. The molecule has 0 aliphatic carbocycles. The molecule has 1 aliphatic rings. The molecule has 0 unspecified atom stereocenters. The van der Waals surface area contributed by atoms with Gasteiger partial charge in [-0.3, -0.25) is 10.2 Å². The molecule has 122 valence electrons. The highest BCUT2D eigenvalue weighted by Gasteiger charge is 2.34. The molecule has 7 heteroatoms. The first-order valence-electron chi connectivity index (χ1n) is 7.60. The number of hydrogen-bond acceptors (Lipinski definition) is 6. The Kier molecular flexibility index (Phi) is 4.05. The van der Waals surface area contributed by atoms with E-state index in [4.69, 9.17) is 0 Å². The molecule has 0 spiro atoms. The number of hydrazone groups is 2. The van der Waals surface area contributed by atoms with Crippen LogP contribution in [0.4, 0.5) is 10.8 Å². The van der Waals surface area contributed by atoms with Crippen molar-refractivity contribution in [2.24, 2.45) is 10.2 Å². The average molecular weight is 347 g/mol. The van der Waals surface area contributed by atoms with E-state index in [1.54, 1.807) is 6.20 Å². The van der Waals surface area contributed by atoms with Gasteiger partial charge in [0.15, 0.2) is 5.71 Å². The third-order valence-corrected chi connectivity index (χ3v) is 4.24. The van der Waals surface area contributed by atoms with Crippen LogP contribution in [0.5, 0.6) is 0 Å². The van der Waals surface area contributed by atoms with E-state index in [9.17, 15) is 4.79 Å². The second-order valence-electron chi connectivity index (χ2n) is 5.18. The molecule has 4 rings (SSSR count). The lowest BCUT2D eigenvalue weighted by atomic mass is 10.1. The molecule has 2 heterocycles. The van der Waals surface area contributed by atoms with E-state index < -0.39 is 0 Å². The van der Waals surface area contributed by atoms with E-state index in [0.29, 0.717) is 16.5 Å². The molecule has 1 N–H and O–H groups in total. The number of anilines is 2. The van der Waals surface area contributed by atoms with Gasteiger partial charge in [0.25, 0.3) is 0 Å². The summed E-state index contributed by atoms with van der Waals surface area (Å²) in [5.41, 5.74) is 5.14. The van der Waals surface area contributed by atoms with Crippen LogP contribution in [0.3, 0.4) is 0 Å². The van der Waals surface area contributed by atoms with Gasteiger partial charge >= 0.3 is 5.91 Å².